The van der Waals surface area contributed by atoms with Crippen molar-refractivity contribution in [2.75, 3.05) is 6.54 Å². The van der Waals surface area contributed by atoms with Gasteiger partial charge in [-0.3, -0.25) is 9.59 Å². The second kappa shape index (κ2) is 5.71. The van der Waals surface area contributed by atoms with Gasteiger partial charge in [0.25, 0.3) is 0 Å². The minimum atomic E-state index is -0.856. The maximum atomic E-state index is 12.3. The first-order chi connectivity index (χ1) is 10.2. The average Bonchev–Trinajstić information content (AvgIpc) is 3.18. The normalized spacial score (nSPS) is 29.7. The highest BCUT2D eigenvalue weighted by atomic mass is 16.4. The number of amides is 1. The van der Waals surface area contributed by atoms with Gasteiger partial charge in [-0.05, 0) is 24.7 Å². The molecule has 2 N–H and O–H groups in total. The lowest BCUT2D eigenvalue weighted by atomic mass is 9.82. The summed E-state index contributed by atoms with van der Waals surface area (Å²) in [6.45, 7) is 1.35. The van der Waals surface area contributed by atoms with Crippen molar-refractivity contribution in [3.63, 3.8) is 0 Å². The quantitative estimate of drug-likeness (QED) is 0.602. The number of nitrogens with one attached hydrogen (secondary N) is 1. The van der Waals surface area contributed by atoms with Gasteiger partial charge in [-0.2, -0.15) is 0 Å². The molecular formula is C15H19N3O3. The number of imidazole rings is 1. The number of aromatic nitrogens is 2. The molecule has 2 aliphatic carbocycles. The lowest BCUT2D eigenvalue weighted by Gasteiger charge is -2.23. The summed E-state index contributed by atoms with van der Waals surface area (Å²) >= 11 is 0. The van der Waals surface area contributed by atoms with E-state index in [-0.39, 0.29) is 17.7 Å². The standard InChI is InChI=1S/C15H19N3O3/c19-14(17-4-1-6-18-7-5-16-9-18)12-10-2-3-11(8-10)13(12)15(20)21/h2-3,5,7,9-13H,1,4,6,8H2,(H,17,19)(H,20,21)/t10-,11-,12+,13+/m0/s1. The van der Waals surface area contributed by atoms with E-state index in [1.165, 1.54) is 0 Å². The van der Waals surface area contributed by atoms with Gasteiger partial charge in [0.2, 0.25) is 5.91 Å². The van der Waals surface area contributed by atoms with Crippen LogP contribution in [0.25, 0.3) is 0 Å². The number of carbonyl (C=O) groups is 2. The number of fused-ring (bicyclic) bond motifs is 2. The van der Waals surface area contributed by atoms with Crippen LogP contribution in [0.1, 0.15) is 12.8 Å². The number of hydrogen-bond donors (Lipinski definition) is 2. The molecule has 0 spiro atoms. The highest BCUT2D eigenvalue weighted by Crippen LogP contribution is 2.48. The minimum Gasteiger partial charge on any atom is -0.481 e. The Labute approximate surface area is 122 Å². The second-order valence-electron chi connectivity index (χ2n) is 5.78. The van der Waals surface area contributed by atoms with Gasteiger partial charge >= 0.3 is 5.97 Å². The summed E-state index contributed by atoms with van der Waals surface area (Å²) in [5.41, 5.74) is 0. The van der Waals surface area contributed by atoms with Gasteiger partial charge < -0.3 is 15.0 Å². The van der Waals surface area contributed by atoms with Crippen LogP contribution in [0.3, 0.4) is 0 Å². The Balaban J connectivity index is 1.51. The van der Waals surface area contributed by atoms with Crippen LogP contribution in [0.5, 0.6) is 0 Å². The van der Waals surface area contributed by atoms with Crippen molar-refractivity contribution in [3.05, 3.63) is 30.9 Å². The molecular weight excluding hydrogens is 270 g/mol. The van der Waals surface area contributed by atoms with E-state index in [9.17, 15) is 14.7 Å². The van der Waals surface area contributed by atoms with Gasteiger partial charge in [0, 0.05) is 25.5 Å². The fourth-order valence-electron chi connectivity index (χ4n) is 3.53. The molecule has 1 amide bonds. The first-order valence-corrected chi connectivity index (χ1v) is 7.31. The smallest absolute Gasteiger partial charge is 0.307 e. The maximum Gasteiger partial charge on any atom is 0.307 e. The molecule has 6 heteroatoms. The van der Waals surface area contributed by atoms with Crippen molar-refractivity contribution in [3.8, 4) is 0 Å². The SMILES string of the molecule is O=C(O)[C@H]1[C@H](C(=O)NCCCn2ccnc2)[C@H]2C=C[C@H]1C2. The predicted octanol–water partition coefficient (Wildman–Crippen LogP) is 0.912. The Hall–Kier alpha value is -2.11. The number of allylic oxidation sites excluding steroid dienone is 2. The van der Waals surface area contributed by atoms with E-state index in [0.717, 1.165) is 19.4 Å². The van der Waals surface area contributed by atoms with Crippen LogP contribution in [0.2, 0.25) is 0 Å². The molecule has 1 aromatic heterocycles. The molecule has 0 unspecified atom stereocenters. The summed E-state index contributed by atoms with van der Waals surface area (Å²) in [7, 11) is 0. The summed E-state index contributed by atoms with van der Waals surface area (Å²) < 4.78 is 1.95. The van der Waals surface area contributed by atoms with Crippen LogP contribution in [0.4, 0.5) is 0 Å². The predicted molar refractivity (Wildman–Crippen MR) is 75.2 cm³/mol. The van der Waals surface area contributed by atoms with Crippen molar-refractivity contribution in [2.45, 2.75) is 19.4 Å². The number of aliphatic carboxylic acids is 1. The zero-order valence-corrected chi connectivity index (χ0v) is 11.7. The molecule has 3 rings (SSSR count). The number of aryl methyl sites for hydroxylation is 1. The van der Waals surface area contributed by atoms with E-state index in [0.29, 0.717) is 6.54 Å². The minimum absolute atomic E-state index is 0.0224. The van der Waals surface area contributed by atoms with Crippen LogP contribution >= 0.6 is 0 Å². The fourth-order valence-corrected chi connectivity index (χ4v) is 3.53. The third-order valence-electron chi connectivity index (χ3n) is 4.50. The third-order valence-corrected chi connectivity index (χ3v) is 4.50. The van der Waals surface area contributed by atoms with Gasteiger partial charge in [-0.1, -0.05) is 12.2 Å². The summed E-state index contributed by atoms with van der Waals surface area (Å²) in [6, 6.07) is 0. The van der Waals surface area contributed by atoms with Crippen molar-refractivity contribution in [2.24, 2.45) is 23.7 Å². The lowest BCUT2D eigenvalue weighted by molar-refractivity contribution is -0.147. The van der Waals surface area contributed by atoms with Crippen LogP contribution in [0.15, 0.2) is 30.9 Å². The van der Waals surface area contributed by atoms with E-state index in [4.69, 9.17) is 0 Å². The number of carboxylic acid groups (broad SMARTS) is 1. The Morgan fingerprint density at radius 1 is 1.29 bits per heavy atom. The Morgan fingerprint density at radius 2 is 2.05 bits per heavy atom. The van der Waals surface area contributed by atoms with Crippen molar-refractivity contribution >= 4 is 11.9 Å². The zero-order valence-electron chi connectivity index (χ0n) is 11.7. The Morgan fingerprint density at radius 3 is 2.71 bits per heavy atom. The summed E-state index contributed by atoms with van der Waals surface area (Å²) in [5.74, 6) is -1.84. The van der Waals surface area contributed by atoms with Gasteiger partial charge in [0.15, 0.2) is 0 Å². The van der Waals surface area contributed by atoms with Gasteiger partial charge in [-0.25, -0.2) is 4.98 Å². The Bertz CT molecular complexity index is 553. The van der Waals surface area contributed by atoms with Crippen LogP contribution in [-0.4, -0.2) is 33.1 Å². The van der Waals surface area contributed by atoms with Crippen LogP contribution in [-0.2, 0) is 16.1 Å². The average molecular weight is 289 g/mol. The molecule has 2 bridgehead atoms. The van der Waals surface area contributed by atoms with Crippen LogP contribution < -0.4 is 5.32 Å². The zero-order chi connectivity index (χ0) is 14.8. The molecule has 0 aromatic carbocycles. The van der Waals surface area contributed by atoms with Crippen molar-refractivity contribution < 1.29 is 14.7 Å². The van der Waals surface area contributed by atoms with Gasteiger partial charge in [0.1, 0.15) is 0 Å². The molecule has 0 aliphatic heterocycles. The maximum absolute atomic E-state index is 12.3. The molecule has 0 saturated heterocycles. The molecule has 21 heavy (non-hydrogen) atoms. The van der Waals surface area contributed by atoms with E-state index < -0.39 is 17.8 Å². The molecule has 1 heterocycles. The molecule has 1 fully saturated rings. The first-order valence-electron chi connectivity index (χ1n) is 7.31. The highest BCUT2D eigenvalue weighted by molar-refractivity contribution is 5.86. The van der Waals surface area contributed by atoms with E-state index >= 15 is 0 Å². The second-order valence-corrected chi connectivity index (χ2v) is 5.78. The van der Waals surface area contributed by atoms with E-state index in [2.05, 4.69) is 10.3 Å². The van der Waals surface area contributed by atoms with Gasteiger partial charge in [0.05, 0.1) is 18.2 Å². The van der Waals surface area contributed by atoms with E-state index in [1.807, 2.05) is 22.9 Å². The molecule has 1 aromatic rings. The molecule has 112 valence electrons. The lowest BCUT2D eigenvalue weighted by Crippen LogP contribution is -2.40. The number of hydrogen-bond acceptors (Lipinski definition) is 3. The highest BCUT2D eigenvalue weighted by Gasteiger charge is 2.51. The summed E-state index contributed by atoms with van der Waals surface area (Å²) in [4.78, 5) is 27.6. The summed E-state index contributed by atoms with van der Waals surface area (Å²) in [6.07, 6.45) is 10.9. The molecule has 1 saturated carbocycles. The largest absolute Gasteiger partial charge is 0.481 e. The fraction of sp³-hybridized carbons (Fsp3) is 0.533. The van der Waals surface area contributed by atoms with Gasteiger partial charge in [-0.15, -0.1) is 0 Å². The van der Waals surface area contributed by atoms with E-state index in [1.54, 1.807) is 12.5 Å². The number of carboxylic acids is 1. The summed E-state index contributed by atoms with van der Waals surface area (Å²) in [5, 5.41) is 12.2. The Kier molecular flexibility index (Phi) is 3.77. The molecule has 4 atom stereocenters. The first kappa shape index (κ1) is 13.9. The number of nitrogens with zero attached hydrogens (tertiary/aromatic N) is 2. The third kappa shape index (κ3) is 2.70. The monoisotopic (exact) mass is 289 g/mol. The molecule has 0 radical (unpaired) electrons. The molecule has 6 nitrogen and oxygen atoms in total. The number of rotatable bonds is 6. The number of carbonyl (C=O) groups excluding carboxylic acids is 1. The van der Waals surface area contributed by atoms with Crippen molar-refractivity contribution in [1.29, 1.82) is 0 Å². The molecule has 2 aliphatic rings. The van der Waals surface area contributed by atoms with Crippen LogP contribution in [0, 0.1) is 23.7 Å². The van der Waals surface area contributed by atoms with Crippen molar-refractivity contribution in [1.82, 2.24) is 14.9 Å². The topological polar surface area (TPSA) is 84.2 Å².